The summed E-state index contributed by atoms with van der Waals surface area (Å²) in [5.41, 5.74) is 0.878. The first kappa shape index (κ1) is 21.0. The Morgan fingerprint density at radius 3 is 2.45 bits per heavy atom. The first-order valence-electron chi connectivity index (χ1n) is 11.4. The van der Waals surface area contributed by atoms with Crippen molar-refractivity contribution in [3.8, 4) is 0 Å². The minimum atomic E-state index is -0.428. The van der Waals surface area contributed by atoms with Gasteiger partial charge in [-0.3, -0.25) is 14.4 Å². The Bertz CT molecular complexity index is 899. The number of benzene rings is 1. The summed E-state index contributed by atoms with van der Waals surface area (Å²) in [5, 5.41) is 5.65. The van der Waals surface area contributed by atoms with Crippen LogP contribution in [0.25, 0.3) is 0 Å². The second-order valence-electron chi connectivity index (χ2n) is 10.3. The third-order valence-electron chi connectivity index (χ3n) is 7.35. The molecule has 5 saturated carbocycles. The van der Waals surface area contributed by atoms with E-state index < -0.39 is 5.91 Å². The standard InChI is InChI=1S/C24H29BrN2O4/c25-24-10-15-7-16(11-24)9-23(8-15,14-24)12-21(29)31-13-20(28)27-19-4-2-1-3-18(19)22(30)26-17-5-6-17/h1-4,15-17H,5-14H2,(H,26,30)(H,27,28)/t15-,16+,23?,24?. The molecule has 7 heteroatoms. The predicted octanol–water partition coefficient (Wildman–Crippen LogP) is 4.18. The second kappa shape index (κ2) is 7.91. The van der Waals surface area contributed by atoms with Gasteiger partial charge in [-0.2, -0.15) is 0 Å². The quantitative estimate of drug-likeness (QED) is 0.445. The molecule has 0 spiro atoms. The van der Waals surface area contributed by atoms with Gasteiger partial charge in [0.2, 0.25) is 0 Å². The van der Waals surface area contributed by atoms with E-state index in [2.05, 4.69) is 26.6 Å². The smallest absolute Gasteiger partial charge is 0.306 e. The van der Waals surface area contributed by atoms with E-state index >= 15 is 0 Å². The zero-order valence-corrected chi connectivity index (χ0v) is 19.2. The Labute approximate surface area is 191 Å². The lowest BCUT2D eigenvalue weighted by Crippen LogP contribution is -2.53. The summed E-state index contributed by atoms with van der Waals surface area (Å²) in [7, 11) is 0. The molecule has 5 aliphatic carbocycles. The SMILES string of the molecule is O=C(COC(=O)CC12C[C@@H]3C[C@@H](CC(Br)(C3)C1)C2)Nc1ccccc1C(=O)NC1CC1. The molecule has 0 aliphatic heterocycles. The first-order chi connectivity index (χ1) is 14.8. The van der Waals surface area contributed by atoms with Crippen molar-refractivity contribution in [2.75, 3.05) is 11.9 Å². The van der Waals surface area contributed by atoms with Crippen LogP contribution >= 0.6 is 15.9 Å². The van der Waals surface area contributed by atoms with Gasteiger partial charge in [-0.15, -0.1) is 0 Å². The third-order valence-corrected chi connectivity index (χ3v) is 8.28. The fraction of sp³-hybridized carbons (Fsp3) is 0.625. The van der Waals surface area contributed by atoms with Crippen molar-refractivity contribution in [2.24, 2.45) is 17.3 Å². The molecular formula is C24H29BrN2O4. The van der Waals surface area contributed by atoms with Crippen LogP contribution in [-0.2, 0) is 14.3 Å². The number of nitrogens with one attached hydrogen (secondary N) is 2. The van der Waals surface area contributed by atoms with Crippen LogP contribution in [0, 0.1) is 17.3 Å². The summed E-state index contributed by atoms with van der Waals surface area (Å²) < 4.78 is 5.55. The summed E-state index contributed by atoms with van der Waals surface area (Å²) in [6.07, 6.45) is 9.33. The van der Waals surface area contributed by atoms with Crippen LogP contribution in [0.4, 0.5) is 5.69 Å². The molecule has 1 aromatic carbocycles. The van der Waals surface area contributed by atoms with Crippen LogP contribution in [0.15, 0.2) is 24.3 Å². The van der Waals surface area contributed by atoms with E-state index in [1.54, 1.807) is 24.3 Å². The molecule has 2 amide bonds. The van der Waals surface area contributed by atoms with Crippen LogP contribution in [-0.4, -0.2) is 34.8 Å². The lowest BCUT2D eigenvalue weighted by Gasteiger charge is -2.60. The number of carbonyl (C=O) groups is 3. The Morgan fingerprint density at radius 1 is 1.06 bits per heavy atom. The van der Waals surface area contributed by atoms with Gasteiger partial charge in [-0.25, -0.2) is 0 Å². The molecular weight excluding hydrogens is 460 g/mol. The highest BCUT2D eigenvalue weighted by atomic mass is 79.9. The van der Waals surface area contributed by atoms with Gasteiger partial charge < -0.3 is 15.4 Å². The van der Waals surface area contributed by atoms with Crippen molar-refractivity contribution in [1.82, 2.24) is 5.32 Å². The van der Waals surface area contributed by atoms with Gasteiger partial charge in [0, 0.05) is 10.4 Å². The predicted molar refractivity (Wildman–Crippen MR) is 120 cm³/mol. The summed E-state index contributed by atoms with van der Waals surface area (Å²) in [5.74, 6) is 0.487. The summed E-state index contributed by atoms with van der Waals surface area (Å²) in [6.45, 7) is -0.334. The van der Waals surface area contributed by atoms with E-state index in [9.17, 15) is 14.4 Å². The number of hydrogen-bond acceptors (Lipinski definition) is 4. The largest absolute Gasteiger partial charge is 0.456 e. The number of rotatable bonds is 7. The number of hydrogen-bond donors (Lipinski definition) is 2. The number of carbonyl (C=O) groups excluding carboxylic acids is 3. The number of halogens is 1. The fourth-order valence-corrected chi connectivity index (χ4v) is 8.02. The molecule has 2 unspecified atom stereocenters. The highest BCUT2D eigenvalue weighted by Crippen LogP contribution is 2.65. The normalized spacial score (nSPS) is 33.1. The van der Waals surface area contributed by atoms with E-state index in [0.717, 1.165) is 32.1 Å². The first-order valence-corrected chi connectivity index (χ1v) is 12.2. The Kier molecular flexibility index (Phi) is 5.35. The Balaban J connectivity index is 1.15. The highest BCUT2D eigenvalue weighted by molar-refractivity contribution is 9.10. The average molecular weight is 489 g/mol. The van der Waals surface area contributed by atoms with Crippen molar-refractivity contribution >= 4 is 39.4 Å². The molecule has 1 aromatic rings. The summed E-state index contributed by atoms with van der Waals surface area (Å²) in [4.78, 5) is 37.4. The number of ether oxygens (including phenoxy) is 1. The monoisotopic (exact) mass is 488 g/mol. The summed E-state index contributed by atoms with van der Waals surface area (Å²) in [6, 6.07) is 7.13. The van der Waals surface area contributed by atoms with Crippen LogP contribution in [0.1, 0.15) is 68.1 Å². The summed E-state index contributed by atoms with van der Waals surface area (Å²) >= 11 is 3.97. The molecule has 5 fully saturated rings. The van der Waals surface area contributed by atoms with Crippen molar-refractivity contribution in [3.05, 3.63) is 29.8 Å². The van der Waals surface area contributed by atoms with Gasteiger partial charge in [-0.1, -0.05) is 28.1 Å². The van der Waals surface area contributed by atoms with Crippen molar-refractivity contribution in [1.29, 1.82) is 0 Å². The maximum atomic E-state index is 12.6. The van der Waals surface area contributed by atoms with Gasteiger partial charge in [0.1, 0.15) is 0 Å². The maximum absolute atomic E-state index is 12.6. The molecule has 0 saturated heterocycles. The van der Waals surface area contributed by atoms with Crippen molar-refractivity contribution < 1.29 is 19.1 Å². The average Bonchev–Trinajstić information content (AvgIpc) is 3.48. The molecule has 5 aliphatic rings. The molecule has 4 atom stereocenters. The van der Waals surface area contributed by atoms with Crippen LogP contribution < -0.4 is 10.6 Å². The highest BCUT2D eigenvalue weighted by Gasteiger charge is 2.57. The van der Waals surface area contributed by atoms with E-state index in [1.807, 2.05) is 0 Å². The second-order valence-corrected chi connectivity index (χ2v) is 12.0. The lowest BCUT2D eigenvalue weighted by atomic mass is 9.49. The van der Waals surface area contributed by atoms with Crippen LogP contribution in [0.3, 0.4) is 0 Å². The van der Waals surface area contributed by atoms with E-state index in [1.165, 1.54) is 19.3 Å². The molecule has 4 bridgehead atoms. The molecule has 166 valence electrons. The Hall–Kier alpha value is -1.89. The van der Waals surface area contributed by atoms with Crippen molar-refractivity contribution in [2.45, 2.75) is 68.2 Å². The molecule has 6 nitrogen and oxygen atoms in total. The molecule has 6 rings (SSSR count). The topological polar surface area (TPSA) is 84.5 Å². The third kappa shape index (κ3) is 4.66. The number of amides is 2. The van der Waals surface area contributed by atoms with Crippen molar-refractivity contribution in [3.63, 3.8) is 0 Å². The molecule has 0 aromatic heterocycles. The van der Waals surface area contributed by atoms with Crippen LogP contribution in [0.5, 0.6) is 0 Å². The fourth-order valence-electron chi connectivity index (χ4n) is 6.51. The number of esters is 1. The Morgan fingerprint density at radius 2 is 1.77 bits per heavy atom. The molecule has 31 heavy (non-hydrogen) atoms. The molecule has 0 heterocycles. The lowest BCUT2D eigenvalue weighted by molar-refractivity contribution is -0.153. The van der Waals surface area contributed by atoms with Gasteiger partial charge in [0.05, 0.1) is 17.7 Å². The van der Waals surface area contributed by atoms with Crippen LogP contribution in [0.2, 0.25) is 0 Å². The van der Waals surface area contributed by atoms with Gasteiger partial charge >= 0.3 is 5.97 Å². The van der Waals surface area contributed by atoms with Gasteiger partial charge in [-0.05, 0) is 80.8 Å². The molecule has 2 N–H and O–H groups in total. The van der Waals surface area contributed by atoms with Gasteiger partial charge in [0.25, 0.3) is 11.8 Å². The maximum Gasteiger partial charge on any atom is 0.306 e. The number of para-hydroxylation sites is 1. The van der Waals surface area contributed by atoms with E-state index in [4.69, 9.17) is 4.74 Å². The van der Waals surface area contributed by atoms with Gasteiger partial charge in [0.15, 0.2) is 6.61 Å². The zero-order chi connectivity index (χ0) is 21.6. The molecule has 0 radical (unpaired) electrons. The van der Waals surface area contributed by atoms with E-state index in [0.29, 0.717) is 29.5 Å². The zero-order valence-electron chi connectivity index (χ0n) is 17.6. The van der Waals surface area contributed by atoms with E-state index in [-0.39, 0.29) is 34.3 Å². The minimum absolute atomic E-state index is 0.0225. The number of alkyl halides is 1. The minimum Gasteiger partial charge on any atom is -0.456 e. The number of anilines is 1.